The van der Waals surface area contributed by atoms with Gasteiger partial charge in [-0.25, -0.2) is 0 Å². The Morgan fingerprint density at radius 3 is 2.61 bits per heavy atom. The molecular weight excluding hydrogens is 352 g/mol. The van der Waals surface area contributed by atoms with Gasteiger partial charge < -0.3 is 19.3 Å². The van der Waals surface area contributed by atoms with E-state index in [0.29, 0.717) is 5.92 Å². The normalized spacial score (nSPS) is 16.7. The number of aryl methyl sites for hydroxylation is 1. The highest BCUT2D eigenvalue weighted by atomic mass is 16.5. The summed E-state index contributed by atoms with van der Waals surface area (Å²) < 4.78 is 7.27. The molecule has 146 valence electrons. The number of methoxy groups -OCH3 is 1. The standard InChI is InChI=1S/C23H26N2O3/c1-24-21-13-20(28-2)8-7-19(21)12-22(24)23(27)25-10-9-18(14-25)11-16-3-5-17(15-26)6-4-16/h3-8,12-13,18,26H,9-11,14-15H2,1-2H3/t18-/m1/s1. The van der Waals surface area contributed by atoms with Crippen LogP contribution in [0.2, 0.25) is 0 Å². The molecule has 1 aliphatic rings. The van der Waals surface area contributed by atoms with Gasteiger partial charge in [0.2, 0.25) is 0 Å². The summed E-state index contributed by atoms with van der Waals surface area (Å²) in [5.74, 6) is 1.36. The van der Waals surface area contributed by atoms with E-state index >= 15 is 0 Å². The molecule has 0 spiro atoms. The summed E-state index contributed by atoms with van der Waals surface area (Å²) >= 11 is 0. The molecule has 0 aliphatic carbocycles. The predicted molar refractivity (Wildman–Crippen MR) is 110 cm³/mol. The zero-order chi connectivity index (χ0) is 19.7. The van der Waals surface area contributed by atoms with E-state index in [0.717, 1.165) is 53.8 Å². The first-order valence-corrected chi connectivity index (χ1v) is 9.70. The fourth-order valence-electron chi connectivity index (χ4n) is 4.10. The van der Waals surface area contributed by atoms with Gasteiger partial charge in [-0.15, -0.1) is 0 Å². The van der Waals surface area contributed by atoms with Crippen molar-refractivity contribution in [3.8, 4) is 5.75 Å². The molecular formula is C23H26N2O3. The number of carbonyl (C=O) groups is 1. The number of aliphatic hydroxyl groups is 1. The number of fused-ring (bicyclic) bond motifs is 1. The van der Waals surface area contributed by atoms with Crippen molar-refractivity contribution in [2.75, 3.05) is 20.2 Å². The topological polar surface area (TPSA) is 54.7 Å². The lowest BCUT2D eigenvalue weighted by molar-refractivity contribution is 0.0778. The number of nitrogens with zero attached hydrogens (tertiary/aromatic N) is 2. The van der Waals surface area contributed by atoms with Crippen molar-refractivity contribution in [2.24, 2.45) is 13.0 Å². The van der Waals surface area contributed by atoms with Gasteiger partial charge in [-0.3, -0.25) is 4.79 Å². The Bertz CT molecular complexity index is 991. The maximum atomic E-state index is 13.1. The quantitative estimate of drug-likeness (QED) is 0.740. The molecule has 1 aromatic heterocycles. The highest BCUT2D eigenvalue weighted by molar-refractivity contribution is 5.99. The van der Waals surface area contributed by atoms with E-state index in [1.54, 1.807) is 7.11 Å². The maximum absolute atomic E-state index is 13.1. The zero-order valence-electron chi connectivity index (χ0n) is 16.4. The van der Waals surface area contributed by atoms with Crippen LogP contribution in [-0.2, 0) is 20.1 Å². The molecule has 1 saturated heterocycles. The molecule has 0 bridgehead atoms. The van der Waals surface area contributed by atoms with Crippen LogP contribution in [-0.4, -0.2) is 40.7 Å². The van der Waals surface area contributed by atoms with Gasteiger partial charge in [-0.2, -0.15) is 0 Å². The van der Waals surface area contributed by atoms with Crippen molar-refractivity contribution in [3.63, 3.8) is 0 Å². The number of hydrogen-bond donors (Lipinski definition) is 1. The zero-order valence-corrected chi connectivity index (χ0v) is 16.4. The number of rotatable bonds is 5. The Morgan fingerprint density at radius 2 is 1.89 bits per heavy atom. The second-order valence-corrected chi connectivity index (χ2v) is 7.60. The number of carbonyl (C=O) groups excluding carboxylic acids is 1. The number of aliphatic hydroxyl groups excluding tert-OH is 1. The van der Waals surface area contributed by atoms with Gasteiger partial charge in [-0.1, -0.05) is 24.3 Å². The van der Waals surface area contributed by atoms with Crippen molar-refractivity contribution in [2.45, 2.75) is 19.4 Å². The molecule has 0 saturated carbocycles. The minimum atomic E-state index is 0.0723. The number of aromatic nitrogens is 1. The molecule has 2 heterocycles. The summed E-state index contributed by atoms with van der Waals surface area (Å²) in [6, 6.07) is 15.9. The van der Waals surface area contributed by atoms with Crippen LogP contribution < -0.4 is 4.74 Å². The first kappa shape index (κ1) is 18.6. The lowest BCUT2D eigenvalue weighted by Gasteiger charge is -2.17. The Balaban J connectivity index is 1.47. The highest BCUT2D eigenvalue weighted by Crippen LogP contribution is 2.27. The molecule has 1 N–H and O–H groups in total. The second-order valence-electron chi connectivity index (χ2n) is 7.60. The van der Waals surface area contributed by atoms with E-state index in [9.17, 15) is 4.79 Å². The lowest BCUT2D eigenvalue weighted by Crippen LogP contribution is -2.30. The molecule has 1 amide bonds. The Morgan fingerprint density at radius 1 is 1.14 bits per heavy atom. The average molecular weight is 378 g/mol. The number of ether oxygens (including phenoxy) is 1. The van der Waals surface area contributed by atoms with Crippen LogP contribution in [0.15, 0.2) is 48.5 Å². The molecule has 28 heavy (non-hydrogen) atoms. The smallest absolute Gasteiger partial charge is 0.270 e. The molecule has 0 unspecified atom stereocenters. The number of benzene rings is 2. The lowest BCUT2D eigenvalue weighted by atomic mass is 9.98. The first-order valence-electron chi connectivity index (χ1n) is 9.70. The van der Waals surface area contributed by atoms with Crippen molar-refractivity contribution >= 4 is 16.8 Å². The van der Waals surface area contributed by atoms with Crippen LogP contribution in [0.1, 0.15) is 28.0 Å². The SMILES string of the molecule is COc1ccc2cc(C(=O)N3CC[C@H](Cc4ccc(CO)cc4)C3)n(C)c2c1. The summed E-state index contributed by atoms with van der Waals surface area (Å²) in [6.07, 6.45) is 1.98. The van der Waals surface area contributed by atoms with Gasteiger partial charge in [0.1, 0.15) is 11.4 Å². The van der Waals surface area contributed by atoms with Gasteiger partial charge in [0.15, 0.2) is 0 Å². The van der Waals surface area contributed by atoms with E-state index in [2.05, 4.69) is 12.1 Å². The molecule has 5 heteroatoms. The molecule has 2 aromatic carbocycles. The first-order chi connectivity index (χ1) is 13.6. The van der Waals surface area contributed by atoms with Crippen molar-refractivity contribution < 1.29 is 14.6 Å². The average Bonchev–Trinajstić information content (AvgIpc) is 3.32. The van der Waals surface area contributed by atoms with Crippen LogP contribution >= 0.6 is 0 Å². The summed E-state index contributed by atoms with van der Waals surface area (Å²) in [4.78, 5) is 15.1. The summed E-state index contributed by atoms with van der Waals surface area (Å²) in [5, 5.41) is 10.2. The monoisotopic (exact) mass is 378 g/mol. The van der Waals surface area contributed by atoms with E-state index in [-0.39, 0.29) is 12.5 Å². The summed E-state index contributed by atoms with van der Waals surface area (Å²) in [5.41, 5.74) is 3.91. The molecule has 1 fully saturated rings. The van der Waals surface area contributed by atoms with Gasteiger partial charge in [0.25, 0.3) is 5.91 Å². The molecule has 1 atom stereocenters. The highest BCUT2D eigenvalue weighted by Gasteiger charge is 2.28. The van der Waals surface area contributed by atoms with Crippen LogP contribution in [0, 0.1) is 5.92 Å². The van der Waals surface area contributed by atoms with Crippen molar-refractivity contribution in [1.82, 2.24) is 9.47 Å². The van der Waals surface area contributed by atoms with E-state index in [4.69, 9.17) is 9.84 Å². The molecule has 4 rings (SSSR count). The Hall–Kier alpha value is -2.79. The number of amides is 1. The van der Waals surface area contributed by atoms with E-state index < -0.39 is 0 Å². The minimum Gasteiger partial charge on any atom is -0.497 e. The third kappa shape index (κ3) is 3.50. The molecule has 0 radical (unpaired) electrons. The van der Waals surface area contributed by atoms with Crippen LogP contribution in [0.4, 0.5) is 0 Å². The largest absolute Gasteiger partial charge is 0.497 e. The predicted octanol–water partition coefficient (Wildman–Crippen LogP) is 3.38. The van der Waals surface area contributed by atoms with Crippen LogP contribution in [0.5, 0.6) is 5.75 Å². The van der Waals surface area contributed by atoms with Crippen LogP contribution in [0.25, 0.3) is 10.9 Å². The van der Waals surface area contributed by atoms with Crippen molar-refractivity contribution in [3.05, 3.63) is 65.4 Å². The van der Waals surface area contributed by atoms with E-state index in [1.165, 1.54) is 5.56 Å². The maximum Gasteiger partial charge on any atom is 0.270 e. The minimum absolute atomic E-state index is 0.0723. The van der Waals surface area contributed by atoms with Crippen LogP contribution in [0.3, 0.4) is 0 Å². The number of likely N-dealkylation sites (tertiary alicyclic amines) is 1. The molecule has 3 aromatic rings. The molecule has 1 aliphatic heterocycles. The van der Waals surface area contributed by atoms with E-state index in [1.807, 2.05) is 52.9 Å². The third-order valence-electron chi connectivity index (χ3n) is 5.77. The number of hydrogen-bond acceptors (Lipinski definition) is 3. The Labute approximate surface area is 165 Å². The van der Waals surface area contributed by atoms with Gasteiger partial charge in [0, 0.05) is 31.6 Å². The van der Waals surface area contributed by atoms with Crippen molar-refractivity contribution in [1.29, 1.82) is 0 Å². The fraction of sp³-hybridized carbons (Fsp3) is 0.348. The fourth-order valence-corrected chi connectivity index (χ4v) is 4.10. The third-order valence-corrected chi connectivity index (χ3v) is 5.77. The van der Waals surface area contributed by atoms with Gasteiger partial charge in [0.05, 0.1) is 19.2 Å². The van der Waals surface area contributed by atoms with Gasteiger partial charge in [-0.05, 0) is 48.1 Å². The van der Waals surface area contributed by atoms with Gasteiger partial charge >= 0.3 is 0 Å². The Kier molecular flexibility index (Phi) is 5.09. The summed E-state index contributed by atoms with van der Waals surface area (Å²) in [7, 11) is 3.59. The summed E-state index contributed by atoms with van der Waals surface area (Å²) in [6.45, 7) is 1.65. The molecule has 5 nitrogen and oxygen atoms in total. The second kappa shape index (κ2) is 7.68.